The molecular weight excluding hydrogens is 257 g/mol. The monoisotopic (exact) mass is 273 g/mol. The molecule has 0 saturated carbocycles. The lowest BCUT2D eigenvalue weighted by Crippen LogP contribution is -2.24. The molecule has 0 spiro atoms. The second-order valence-electron chi connectivity index (χ2n) is 4.78. The zero-order valence-corrected chi connectivity index (χ0v) is 11.2. The van der Waals surface area contributed by atoms with E-state index in [2.05, 4.69) is 11.4 Å². The Kier molecular flexibility index (Phi) is 3.46. The summed E-state index contributed by atoms with van der Waals surface area (Å²) in [6, 6.07) is 12.6. The third-order valence-corrected chi connectivity index (χ3v) is 3.41. The van der Waals surface area contributed by atoms with E-state index in [0.717, 1.165) is 12.2 Å². The highest BCUT2D eigenvalue weighted by Gasteiger charge is 2.22. The Hall–Kier alpha value is -2.23. The molecule has 1 aliphatic heterocycles. The van der Waals surface area contributed by atoms with Crippen molar-refractivity contribution < 1.29 is 13.9 Å². The van der Waals surface area contributed by atoms with Crippen LogP contribution < -0.4 is 14.8 Å². The van der Waals surface area contributed by atoms with Crippen molar-refractivity contribution in [1.82, 2.24) is 0 Å². The average Bonchev–Trinajstić information content (AvgIpc) is 2.89. The summed E-state index contributed by atoms with van der Waals surface area (Å²) in [4.78, 5) is 0. The summed E-state index contributed by atoms with van der Waals surface area (Å²) in [6.07, 6.45) is 0.868. The van der Waals surface area contributed by atoms with E-state index in [4.69, 9.17) is 9.47 Å². The van der Waals surface area contributed by atoms with Gasteiger partial charge in [-0.2, -0.15) is 0 Å². The summed E-state index contributed by atoms with van der Waals surface area (Å²) < 4.78 is 24.6. The molecule has 3 nitrogen and oxygen atoms in total. The van der Waals surface area contributed by atoms with E-state index in [1.165, 1.54) is 11.6 Å². The van der Waals surface area contributed by atoms with Gasteiger partial charge in [-0.3, -0.25) is 0 Å². The molecule has 0 amide bonds. The summed E-state index contributed by atoms with van der Waals surface area (Å²) in [5.41, 5.74) is 1.63. The number of rotatable bonds is 4. The van der Waals surface area contributed by atoms with Gasteiger partial charge in [-0.05, 0) is 23.8 Å². The standard InChI is InChI=1S/C16H16FNO2/c1-19-12-6-7-14(17)15(9-12)18-10-13-8-11-4-2-3-5-16(11)20-13/h2-7,9,13,18H,8,10H2,1H3. The molecular formula is C16H16FNO2. The first-order valence-electron chi connectivity index (χ1n) is 6.58. The van der Waals surface area contributed by atoms with Crippen LogP contribution in [-0.4, -0.2) is 19.8 Å². The lowest BCUT2D eigenvalue weighted by Gasteiger charge is -2.14. The van der Waals surface area contributed by atoms with Crippen molar-refractivity contribution in [2.75, 3.05) is 19.0 Å². The number of hydrogen-bond donors (Lipinski definition) is 1. The number of hydrogen-bond acceptors (Lipinski definition) is 3. The summed E-state index contributed by atoms with van der Waals surface area (Å²) in [6.45, 7) is 0.554. The van der Waals surface area contributed by atoms with Crippen molar-refractivity contribution in [2.24, 2.45) is 0 Å². The average molecular weight is 273 g/mol. The van der Waals surface area contributed by atoms with E-state index in [-0.39, 0.29) is 11.9 Å². The van der Waals surface area contributed by atoms with Gasteiger partial charge in [-0.15, -0.1) is 0 Å². The van der Waals surface area contributed by atoms with E-state index in [1.54, 1.807) is 19.2 Å². The maximum Gasteiger partial charge on any atom is 0.146 e. The Bertz CT molecular complexity index is 590. The van der Waals surface area contributed by atoms with Crippen LogP contribution >= 0.6 is 0 Å². The van der Waals surface area contributed by atoms with Crippen LogP contribution in [-0.2, 0) is 6.42 Å². The zero-order chi connectivity index (χ0) is 13.9. The molecule has 0 bridgehead atoms. The van der Waals surface area contributed by atoms with Gasteiger partial charge >= 0.3 is 0 Å². The maximum absolute atomic E-state index is 13.7. The third-order valence-electron chi connectivity index (χ3n) is 3.41. The minimum atomic E-state index is -0.290. The Morgan fingerprint density at radius 2 is 2.15 bits per heavy atom. The minimum Gasteiger partial charge on any atom is -0.497 e. The molecule has 2 aromatic carbocycles. The molecule has 0 saturated heterocycles. The Morgan fingerprint density at radius 1 is 1.30 bits per heavy atom. The molecule has 0 aromatic heterocycles. The number of anilines is 1. The van der Waals surface area contributed by atoms with Crippen LogP contribution in [0, 0.1) is 5.82 Å². The zero-order valence-electron chi connectivity index (χ0n) is 11.2. The summed E-state index contributed by atoms with van der Waals surface area (Å²) in [5.74, 6) is 1.26. The van der Waals surface area contributed by atoms with Crippen molar-refractivity contribution in [3.63, 3.8) is 0 Å². The molecule has 0 radical (unpaired) electrons. The molecule has 2 aromatic rings. The molecule has 0 fully saturated rings. The van der Waals surface area contributed by atoms with Crippen LogP contribution in [0.15, 0.2) is 42.5 Å². The number of ether oxygens (including phenoxy) is 2. The molecule has 1 aliphatic rings. The summed E-state index contributed by atoms with van der Waals surface area (Å²) in [7, 11) is 1.56. The highest BCUT2D eigenvalue weighted by molar-refractivity contribution is 5.50. The number of nitrogens with one attached hydrogen (secondary N) is 1. The normalized spacial score (nSPS) is 16.4. The Balaban J connectivity index is 1.64. The fourth-order valence-electron chi connectivity index (χ4n) is 2.36. The molecule has 20 heavy (non-hydrogen) atoms. The predicted molar refractivity (Wildman–Crippen MR) is 76.0 cm³/mol. The van der Waals surface area contributed by atoms with Gasteiger partial charge < -0.3 is 14.8 Å². The summed E-state index contributed by atoms with van der Waals surface area (Å²) in [5, 5.41) is 3.08. The summed E-state index contributed by atoms with van der Waals surface area (Å²) >= 11 is 0. The largest absolute Gasteiger partial charge is 0.497 e. The van der Waals surface area contributed by atoms with Crippen LogP contribution in [0.1, 0.15) is 5.56 Å². The van der Waals surface area contributed by atoms with Gasteiger partial charge in [0, 0.05) is 12.5 Å². The minimum absolute atomic E-state index is 0.0259. The molecule has 1 unspecified atom stereocenters. The smallest absolute Gasteiger partial charge is 0.146 e. The molecule has 3 rings (SSSR count). The molecule has 104 valence electrons. The third kappa shape index (κ3) is 2.54. The second kappa shape index (κ2) is 5.41. The first-order chi connectivity index (χ1) is 9.76. The fourth-order valence-corrected chi connectivity index (χ4v) is 2.36. The van der Waals surface area contributed by atoms with E-state index in [1.807, 2.05) is 18.2 Å². The molecule has 4 heteroatoms. The highest BCUT2D eigenvalue weighted by atomic mass is 19.1. The molecule has 0 aliphatic carbocycles. The van der Waals surface area contributed by atoms with Crippen molar-refractivity contribution >= 4 is 5.69 Å². The topological polar surface area (TPSA) is 30.5 Å². The van der Waals surface area contributed by atoms with E-state index in [9.17, 15) is 4.39 Å². The van der Waals surface area contributed by atoms with Gasteiger partial charge in [0.25, 0.3) is 0 Å². The van der Waals surface area contributed by atoms with Crippen LogP contribution in [0.4, 0.5) is 10.1 Å². The molecule has 1 heterocycles. The fraction of sp³-hybridized carbons (Fsp3) is 0.250. The van der Waals surface area contributed by atoms with Crippen molar-refractivity contribution in [3.05, 3.63) is 53.8 Å². The first-order valence-corrected chi connectivity index (χ1v) is 6.58. The number of methoxy groups -OCH3 is 1. The van der Waals surface area contributed by atoms with Crippen molar-refractivity contribution in [1.29, 1.82) is 0 Å². The van der Waals surface area contributed by atoms with Crippen molar-refractivity contribution in [3.8, 4) is 11.5 Å². The van der Waals surface area contributed by atoms with Gasteiger partial charge in [-0.25, -0.2) is 4.39 Å². The van der Waals surface area contributed by atoms with Gasteiger partial charge in [0.2, 0.25) is 0 Å². The van der Waals surface area contributed by atoms with E-state index in [0.29, 0.717) is 18.0 Å². The van der Waals surface area contributed by atoms with Crippen LogP contribution in [0.3, 0.4) is 0 Å². The van der Waals surface area contributed by atoms with E-state index >= 15 is 0 Å². The second-order valence-corrected chi connectivity index (χ2v) is 4.78. The predicted octanol–water partition coefficient (Wildman–Crippen LogP) is 3.25. The lowest BCUT2D eigenvalue weighted by atomic mass is 10.1. The van der Waals surface area contributed by atoms with Crippen molar-refractivity contribution in [2.45, 2.75) is 12.5 Å². The SMILES string of the molecule is COc1ccc(F)c(NCC2Cc3ccccc3O2)c1. The molecule has 1 N–H and O–H groups in total. The van der Waals surface area contributed by atoms with E-state index < -0.39 is 0 Å². The van der Waals surface area contributed by atoms with Gasteiger partial charge in [0.15, 0.2) is 0 Å². The number of para-hydroxylation sites is 1. The van der Waals surface area contributed by atoms with Crippen LogP contribution in [0.5, 0.6) is 11.5 Å². The lowest BCUT2D eigenvalue weighted by molar-refractivity contribution is 0.246. The number of fused-ring (bicyclic) bond motifs is 1. The first kappa shape index (κ1) is 12.8. The number of halogens is 1. The van der Waals surface area contributed by atoms with Gasteiger partial charge in [0.1, 0.15) is 23.4 Å². The van der Waals surface area contributed by atoms with Crippen LogP contribution in [0.25, 0.3) is 0 Å². The quantitative estimate of drug-likeness (QED) is 0.927. The van der Waals surface area contributed by atoms with Gasteiger partial charge in [0.05, 0.1) is 19.3 Å². The molecule has 1 atom stereocenters. The van der Waals surface area contributed by atoms with Gasteiger partial charge in [-0.1, -0.05) is 18.2 Å². The highest BCUT2D eigenvalue weighted by Crippen LogP contribution is 2.28. The maximum atomic E-state index is 13.7. The Morgan fingerprint density at radius 3 is 2.95 bits per heavy atom. The van der Waals surface area contributed by atoms with Crippen LogP contribution in [0.2, 0.25) is 0 Å². The Labute approximate surface area is 117 Å². The number of benzene rings is 2.